The number of ketones is 1. The lowest BCUT2D eigenvalue weighted by atomic mass is 9.74. The fourth-order valence-corrected chi connectivity index (χ4v) is 4.70. The van der Waals surface area contributed by atoms with Crippen molar-refractivity contribution in [1.82, 2.24) is 9.55 Å². The molecule has 0 atom stereocenters. The topological polar surface area (TPSA) is 55.1 Å². The second-order valence-electron chi connectivity index (χ2n) is 9.22. The predicted octanol–water partition coefficient (Wildman–Crippen LogP) is 6.65. The molecule has 0 saturated heterocycles. The molecule has 2 heterocycles. The maximum absolute atomic E-state index is 13.3. The molecule has 0 bridgehead atoms. The Morgan fingerprint density at radius 2 is 1.79 bits per heavy atom. The number of fused-ring (bicyclic) bond motifs is 1. The summed E-state index contributed by atoms with van der Waals surface area (Å²) in [4.78, 5) is 17.5. The van der Waals surface area contributed by atoms with E-state index in [2.05, 4.69) is 44.5 Å². The zero-order chi connectivity index (χ0) is 24.0. The number of para-hydroxylation sites is 1. The van der Waals surface area contributed by atoms with E-state index in [1.807, 2.05) is 59.3 Å². The van der Waals surface area contributed by atoms with Crippen LogP contribution in [0.15, 0.2) is 109 Å². The lowest BCUT2D eigenvalue weighted by Crippen LogP contribution is -2.24. The first-order valence-electron chi connectivity index (χ1n) is 11.3. The number of carbonyl (C=O) groups is 1. The van der Waals surface area contributed by atoms with Gasteiger partial charge in [-0.25, -0.2) is 0 Å². The number of aryl methyl sites for hydroxylation is 1. The number of Topliss-reactive ketones (excluding diaryl/α,β-unsaturated/α-hetero) is 1. The molecule has 0 unspecified atom stereocenters. The standard InChI is InChI=1S/C30H26N2O2/c1-19-10-5-7-13-25(19)30(3,4)20(2)16-23-28(33)27(29(23)34)24-18-32(21-11-9-15-31-17-21)26-14-8-6-12-22(24)26/h5-18,33H,2H2,1,3-4H3/b23-16+. The van der Waals surface area contributed by atoms with Gasteiger partial charge in [-0.1, -0.05) is 62.9 Å². The molecule has 0 saturated carbocycles. The number of aliphatic hydroxyl groups excluding tert-OH is 1. The van der Waals surface area contributed by atoms with Gasteiger partial charge in [-0.2, -0.15) is 0 Å². The minimum atomic E-state index is -0.384. The van der Waals surface area contributed by atoms with Crippen molar-refractivity contribution in [2.24, 2.45) is 0 Å². The molecule has 4 aromatic rings. The highest BCUT2D eigenvalue weighted by atomic mass is 16.3. The van der Waals surface area contributed by atoms with E-state index in [1.54, 1.807) is 18.5 Å². The highest BCUT2D eigenvalue weighted by Crippen LogP contribution is 2.42. The molecule has 5 rings (SSSR count). The molecule has 2 aromatic carbocycles. The summed E-state index contributed by atoms with van der Waals surface area (Å²) in [7, 11) is 0. The van der Waals surface area contributed by atoms with E-state index < -0.39 is 0 Å². The van der Waals surface area contributed by atoms with E-state index in [0.717, 1.165) is 33.3 Å². The summed E-state index contributed by atoms with van der Waals surface area (Å²) in [5.41, 5.74) is 5.89. The van der Waals surface area contributed by atoms with Crippen LogP contribution < -0.4 is 0 Å². The van der Waals surface area contributed by atoms with E-state index >= 15 is 0 Å². The van der Waals surface area contributed by atoms with Crippen LogP contribution in [-0.4, -0.2) is 20.4 Å². The number of hydrogen-bond donors (Lipinski definition) is 1. The zero-order valence-electron chi connectivity index (χ0n) is 19.5. The number of nitrogens with zero attached hydrogens (tertiary/aromatic N) is 2. The number of carbonyl (C=O) groups excluding carboxylic acids is 1. The summed E-state index contributed by atoms with van der Waals surface area (Å²) in [6, 6.07) is 19.8. The lowest BCUT2D eigenvalue weighted by Gasteiger charge is -2.30. The largest absolute Gasteiger partial charge is 0.506 e. The van der Waals surface area contributed by atoms with Crippen LogP contribution in [-0.2, 0) is 10.2 Å². The molecule has 1 N–H and O–H groups in total. The Morgan fingerprint density at radius 1 is 1.06 bits per heavy atom. The highest BCUT2D eigenvalue weighted by Gasteiger charge is 2.37. The second kappa shape index (κ2) is 7.99. The molecule has 0 aliphatic heterocycles. The first kappa shape index (κ1) is 21.7. The molecule has 0 fully saturated rings. The van der Waals surface area contributed by atoms with Gasteiger partial charge in [0, 0.05) is 28.8 Å². The monoisotopic (exact) mass is 446 g/mol. The Kier molecular flexibility index (Phi) is 5.09. The maximum atomic E-state index is 13.3. The average molecular weight is 447 g/mol. The van der Waals surface area contributed by atoms with Crippen LogP contribution in [0.4, 0.5) is 0 Å². The van der Waals surface area contributed by atoms with E-state index in [1.165, 1.54) is 0 Å². The Morgan fingerprint density at radius 3 is 2.50 bits per heavy atom. The van der Waals surface area contributed by atoms with Crippen molar-refractivity contribution in [3.05, 3.63) is 126 Å². The van der Waals surface area contributed by atoms with Gasteiger partial charge in [-0.05, 0) is 47.9 Å². The normalized spacial score (nSPS) is 15.1. The number of rotatable bonds is 5. The van der Waals surface area contributed by atoms with Gasteiger partial charge >= 0.3 is 0 Å². The smallest absolute Gasteiger partial charge is 0.201 e. The van der Waals surface area contributed by atoms with Gasteiger partial charge < -0.3 is 9.67 Å². The Hall–Kier alpha value is -4.18. The van der Waals surface area contributed by atoms with Crippen LogP contribution in [0.2, 0.25) is 0 Å². The zero-order valence-corrected chi connectivity index (χ0v) is 19.5. The summed E-state index contributed by atoms with van der Waals surface area (Å²) < 4.78 is 1.99. The predicted molar refractivity (Wildman–Crippen MR) is 137 cm³/mol. The van der Waals surface area contributed by atoms with Gasteiger partial charge in [-0.3, -0.25) is 9.78 Å². The van der Waals surface area contributed by atoms with Crippen LogP contribution in [0.1, 0.15) is 30.5 Å². The van der Waals surface area contributed by atoms with Crippen molar-refractivity contribution >= 4 is 22.3 Å². The molecule has 1 aliphatic carbocycles. The van der Waals surface area contributed by atoms with Gasteiger partial charge in [-0.15, -0.1) is 0 Å². The van der Waals surface area contributed by atoms with Crippen LogP contribution in [0.25, 0.3) is 22.2 Å². The molecule has 1 aliphatic rings. The molecule has 2 aromatic heterocycles. The first-order valence-corrected chi connectivity index (χ1v) is 11.3. The SMILES string of the molecule is C=C(/C=C1/C(=O)C(c2cn(-c3cccnc3)c3ccccc23)=C1O)C(C)(C)c1ccccc1C. The molecule has 4 nitrogen and oxygen atoms in total. The van der Waals surface area contributed by atoms with Crippen LogP contribution >= 0.6 is 0 Å². The lowest BCUT2D eigenvalue weighted by molar-refractivity contribution is -0.111. The summed E-state index contributed by atoms with van der Waals surface area (Å²) in [6.07, 6.45) is 7.13. The highest BCUT2D eigenvalue weighted by molar-refractivity contribution is 6.40. The number of pyridine rings is 1. The molecular formula is C30H26N2O2. The van der Waals surface area contributed by atoms with Crippen molar-refractivity contribution in [1.29, 1.82) is 0 Å². The Labute approximate surface area is 199 Å². The Balaban J connectivity index is 1.57. The number of hydrogen-bond acceptors (Lipinski definition) is 3. The van der Waals surface area contributed by atoms with Crippen molar-refractivity contribution in [2.75, 3.05) is 0 Å². The summed E-state index contributed by atoms with van der Waals surface area (Å²) in [6.45, 7) is 10.5. The summed E-state index contributed by atoms with van der Waals surface area (Å²) in [5.74, 6) is -0.158. The second-order valence-corrected chi connectivity index (χ2v) is 9.22. The molecule has 34 heavy (non-hydrogen) atoms. The fourth-order valence-electron chi connectivity index (χ4n) is 4.70. The third-order valence-electron chi connectivity index (χ3n) is 6.81. The number of aromatic nitrogens is 2. The molecule has 168 valence electrons. The van der Waals surface area contributed by atoms with E-state index in [4.69, 9.17) is 0 Å². The number of aliphatic hydroxyl groups is 1. The third-order valence-corrected chi connectivity index (χ3v) is 6.81. The van der Waals surface area contributed by atoms with Crippen LogP contribution in [0.5, 0.6) is 0 Å². The van der Waals surface area contributed by atoms with Gasteiger partial charge in [0.15, 0.2) is 0 Å². The number of benzene rings is 2. The maximum Gasteiger partial charge on any atom is 0.201 e. The molecule has 4 heteroatoms. The minimum absolute atomic E-state index is 0.0147. The summed E-state index contributed by atoms with van der Waals surface area (Å²) >= 11 is 0. The van der Waals surface area contributed by atoms with E-state index in [0.29, 0.717) is 16.7 Å². The average Bonchev–Trinajstić information content (AvgIpc) is 3.22. The van der Waals surface area contributed by atoms with Crippen molar-refractivity contribution in [3.8, 4) is 5.69 Å². The molecule has 0 amide bonds. The van der Waals surface area contributed by atoms with Gasteiger partial charge in [0.25, 0.3) is 0 Å². The van der Waals surface area contributed by atoms with Crippen molar-refractivity contribution < 1.29 is 9.90 Å². The third kappa shape index (κ3) is 3.30. The molecule has 0 radical (unpaired) electrons. The molecule has 0 spiro atoms. The molecular weight excluding hydrogens is 420 g/mol. The van der Waals surface area contributed by atoms with E-state index in [9.17, 15) is 9.90 Å². The summed E-state index contributed by atoms with van der Waals surface area (Å²) in [5, 5.41) is 11.9. The quantitative estimate of drug-likeness (QED) is 0.349. The van der Waals surface area contributed by atoms with Crippen molar-refractivity contribution in [3.63, 3.8) is 0 Å². The fraction of sp³-hybridized carbons (Fsp3) is 0.133. The van der Waals surface area contributed by atoms with E-state index in [-0.39, 0.29) is 17.0 Å². The first-order chi connectivity index (χ1) is 16.3. The minimum Gasteiger partial charge on any atom is -0.506 e. The van der Waals surface area contributed by atoms with Crippen LogP contribution in [0.3, 0.4) is 0 Å². The van der Waals surface area contributed by atoms with Crippen molar-refractivity contribution in [2.45, 2.75) is 26.2 Å². The Bertz CT molecular complexity index is 1520. The van der Waals surface area contributed by atoms with Gasteiger partial charge in [0.1, 0.15) is 5.76 Å². The van der Waals surface area contributed by atoms with Crippen LogP contribution in [0, 0.1) is 6.92 Å². The number of allylic oxidation sites excluding steroid dienone is 4. The van der Waals surface area contributed by atoms with Gasteiger partial charge in [0.2, 0.25) is 5.78 Å². The van der Waals surface area contributed by atoms with Gasteiger partial charge in [0.05, 0.1) is 28.5 Å².